The average molecular weight is 286 g/mol. The number of nitrogens with zero attached hydrogens (tertiary/aromatic N) is 2. The van der Waals surface area contributed by atoms with Crippen molar-refractivity contribution in [3.8, 4) is 11.8 Å². The molecule has 1 aliphatic rings. The quantitative estimate of drug-likeness (QED) is 0.836. The molecule has 0 aliphatic carbocycles. The first-order valence-corrected chi connectivity index (χ1v) is 7.55. The largest absolute Gasteiger partial charge is 0.484 e. The molecule has 0 saturated carbocycles. The van der Waals surface area contributed by atoms with Gasteiger partial charge in [-0.05, 0) is 43.9 Å². The van der Waals surface area contributed by atoms with E-state index in [2.05, 4.69) is 19.9 Å². The summed E-state index contributed by atoms with van der Waals surface area (Å²) in [5.74, 6) is 0.734. The van der Waals surface area contributed by atoms with E-state index in [0.717, 1.165) is 24.8 Å². The first kappa shape index (κ1) is 15.4. The Kier molecular flexibility index (Phi) is 5.21. The summed E-state index contributed by atoms with van der Waals surface area (Å²) in [5.41, 5.74) is 0.954. The number of carbonyl (C=O) groups excluding carboxylic acids is 1. The highest BCUT2D eigenvalue weighted by molar-refractivity contribution is 5.78. The Morgan fingerprint density at radius 1 is 1.38 bits per heavy atom. The second-order valence-electron chi connectivity index (χ2n) is 5.56. The molecular formula is C17H22N2O2. The lowest BCUT2D eigenvalue weighted by atomic mass is 10.1. The minimum Gasteiger partial charge on any atom is -0.484 e. The van der Waals surface area contributed by atoms with Gasteiger partial charge in [-0.1, -0.05) is 19.1 Å². The molecule has 0 N–H and O–H groups in total. The van der Waals surface area contributed by atoms with Gasteiger partial charge in [0.25, 0.3) is 5.91 Å². The molecule has 1 aromatic rings. The summed E-state index contributed by atoms with van der Waals surface area (Å²) in [7, 11) is 0. The van der Waals surface area contributed by atoms with Gasteiger partial charge in [-0.25, -0.2) is 0 Å². The number of hydrogen-bond acceptors (Lipinski definition) is 3. The van der Waals surface area contributed by atoms with Gasteiger partial charge < -0.3 is 9.64 Å². The molecule has 21 heavy (non-hydrogen) atoms. The van der Waals surface area contributed by atoms with Crippen LogP contribution in [0, 0.1) is 11.3 Å². The smallest absolute Gasteiger partial charge is 0.260 e. The Labute approximate surface area is 126 Å². The Balaban J connectivity index is 1.90. The van der Waals surface area contributed by atoms with Crippen LogP contribution in [0.4, 0.5) is 0 Å². The second-order valence-corrected chi connectivity index (χ2v) is 5.56. The first-order valence-electron chi connectivity index (χ1n) is 7.55. The van der Waals surface area contributed by atoms with E-state index < -0.39 is 0 Å². The molecular weight excluding hydrogens is 264 g/mol. The highest BCUT2D eigenvalue weighted by atomic mass is 16.5. The maximum Gasteiger partial charge on any atom is 0.260 e. The van der Waals surface area contributed by atoms with Crippen LogP contribution in [0.15, 0.2) is 24.3 Å². The van der Waals surface area contributed by atoms with Crippen LogP contribution in [-0.4, -0.2) is 29.5 Å². The number of benzene rings is 1. The van der Waals surface area contributed by atoms with E-state index in [1.54, 1.807) is 0 Å². The van der Waals surface area contributed by atoms with Crippen LogP contribution in [0.2, 0.25) is 0 Å². The predicted molar refractivity (Wildman–Crippen MR) is 80.9 cm³/mol. The average Bonchev–Trinajstić information content (AvgIpc) is 2.87. The normalized spacial score (nSPS) is 21.1. The van der Waals surface area contributed by atoms with Crippen molar-refractivity contribution >= 4 is 5.91 Å². The molecule has 1 fully saturated rings. The van der Waals surface area contributed by atoms with Gasteiger partial charge >= 0.3 is 0 Å². The van der Waals surface area contributed by atoms with Crippen molar-refractivity contribution in [3.63, 3.8) is 0 Å². The molecule has 4 nitrogen and oxygen atoms in total. The van der Waals surface area contributed by atoms with E-state index in [-0.39, 0.29) is 12.5 Å². The van der Waals surface area contributed by atoms with E-state index in [4.69, 9.17) is 10.00 Å². The van der Waals surface area contributed by atoms with Crippen LogP contribution in [0.25, 0.3) is 0 Å². The Morgan fingerprint density at radius 2 is 2.10 bits per heavy atom. The van der Waals surface area contributed by atoms with E-state index in [1.165, 1.54) is 0 Å². The minimum absolute atomic E-state index is 0.0629. The van der Waals surface area contributed by atoms with Gasteiger partial charge in [0, 0.05) is 12.1 Å². The highest BCUT2D eigenvalue weighted by Crippen LogP contribution is 2.26. The number of carbonyl (C=O) groups is 1. The predicted octanol–water partition coefficient (Wildman–Crippen LogP) is 2.92. The molecule has 0 radical (unpaired) electrons. The Hall–Kier alpha value is -2.02. The molecule has 2 unspecified atom stereocenters. The van der Waals surface area contributed by atoms with Gasteiger partial charge in [-0.15, -0.1) is 0 Å². The number of rotatable bonds is 5. The highest BCUT2D eigenvalue weighted by Gasteiger charge is 2.33. The van der Waals surface area contributed by atoms with Crippen LogP contribution in [-0.2, 0) is 11.2 Å². The SMILES string of the molecule is CCC1CCC(C)N1C(=O)COc1ccc(CC#N)cc1. The molecule has 4 heteroatoms. The van der Waals surface area contributed by atoms with Crippen LogP contribution in [0.5, 0.6) is 5.75 Å². The minimum atomic E-state index is 0.0629. The second kappa shape index (κ2) is 7.12. The lowest BCUT2D eigenvalue weighted by Crippen LogP contribution is -2.42. The van der Waals surface area contributed by atoms with Crippen molar-refractivity contribution in [2.24, 2.45) is 0 Å². The van der Waals surface area contributed by atoms with E-state index in [0.29, 0.717) is 24.3 Å². The van der Waals surface area contributed by atoms with Crippen molar-refractivity contribution in [1.29, 1.82) is 5.26 Å². The van der Waals surface area contributed by atoms with Crippen LogP contribution in [0.3, 0.4) is 0 Å². The zero-order valence-corrected chi connectivity index (χ0v) is 12.7. The van der Waals surface area contributed by atoms with Crippen molar-refractivity contribution in [2.75, 3.05) is 6.61 Å². The summed E-state index contributed by atoms with van der Waals surface area (Å²) in [6.45, 7) is 4.31. The fourth-order valence-electron chi connectivity index (χ4n) is 2.94. The van der Waals surface area contributed by atoms with Crippen molar-refractivity contribution in [3.05, 3.63) is 29.8 Å². The molecule has 1 aliphatic heterocycles. The summed E-state index contributed by atoms with van der Waals surface area (Å²) >= 11 is 0. The van der Waals surface area contributed by atoms with Gasteiger partial charge in [0.1, 0.15) is 5.75 Å². The molecule has 1 amide bonds. The summed E-state index contributed by atoms with van der Waals surface area (Å²) in [5, 5.41) is 8.63. The van der Waals surface area contributed by atoms with E-state index in [1.807, 2.05) is 29.2 Å². The van der Waals surface area contributed by atoms with Gasteiger partial charge in [0.05, 0.1) is 12.5 Å². The molecule has 0 bridgehead atoms. The van der Waals surface area contributed by atoms with Gasteiger partial charge in [0.15, 0.2) is 6.61 Å². The monoisotopic (exact) mass is 286 g/mol. The maximum absolute atomic E-state index is 12.3. The summed E-state index contributed by atoms with van der Waals surface area (Å²) in [6, 6.07) is 10.1. The van der Waals surface area contributed by atoms with Crippen LogP contribution < -0.4 is 4.74 Å². The Bertz CT molecular complexity index is 519. The molecule has 1 heterocycles. The first-order chi connectivity index (χ1) is 10.2. The zero-order valence-electron chi connectivity index (χ0n) is 12.7. The molecule has 1 saturated heterocycles. The summed E-state index contributed by atoms with van der Waals surface area (Å²) < 4.78 is 5.58. The van der Waals surface area contributed by atoms with Gasteiger partial charge in [-0.2, -0.15) is 5.26 Å². The molecule has 2 rings (SSSR count). The lowest BCUT2D eigenvalue weighted by Gasteiger charge is -2.27. The van der Waals surface area contributed by atoms with Crippen molar-refractivity contribution in [1.82, 2.24) is 4.90 Å². The van der Waals surface area contributed by atoms with E-state index in [9.17, 15) is 4.79 Å². The van der Waals surface area contributed by atoms with Gasteiger partial charge in [0.2, 0.25) is 0 Å². The third kappa shape index (κ3) is 3.75. The summed E-state index contributed by atoms with van der Waals surface area (Å²) in [4.78, 5) is 14.3. The lowest BCUT2D eigenvalue weighted by molar-refractivity contribution is -0.136. The van der Waals surface area contributed by atoms with Crippen LogP contribution >= 0.6 is 0 Å². The van der Waals surface area contributed by atoms with Crippen molar-refractivity contribution in [2.45, 2.75) is 51.6 Å². The number of hydrogen-bond donors (Lipinski definition) is 0. The zero-order chi connectivity index (χ0) is 15.2. The molecule has 0 spiro atoms. The fourth-order valence-corrected chi connectivity index (χ4v) is 2.94. The fraction of sp³-hybridized carbons (Fsp3) is 0.529. The molecule has 1 aromatic carbocycles. The number of ether oxygens (including phenoxy) is 1. The Morgan fingerprint density at radius 3 is 2.71 bits per heavy atom. The van der Waals surface area contributed by atoms with Crippen molar-refractivity contribution < 1.29 is 9.53 Å². The standard InChI is InChI=1S/C17H22N2O2/c1-3-15-7-4-13(2)19(15)17(20)12-21-16-8-5-14(6-9-16)10-11-18/h5-6,8-9,13,15H,3-4,7,10,12H2,1-2H3. The van der Waals surface area contributed by atoms with E-state index >= 15 is 0 Å². The number of nitriles is 1. The van der Waals surface area contributed by atoms with Gasteiger partial charge in [-0.3, -0.25) is 4.79 Å². The number of likely N-dealkylation sites (tertiary alicyclic amines) is 1. The van der Waals surface area contributed by atoms with Crippen LogP contribution in [0.1, 0.15) is 38.7 Å². The third-order valence-electron chi connectivity index (χ3n) is 4.11. The third-order valence-corrected chi connectivity index (χ3v) is 4.11. The number of amides is 1. The molecule has 0 aromatic heterocycles. The maximum atomic E-state index is 12.3. The summed E-state index contributed by atoms with van der Waals surface area (Å²) in [6.07, 6.45) is 3.56. The molecule has 2 atom stereocenters. The topological polar surface area (TPSA) is 53.3 Å². The molecule has 112 valence electrons.